The van der Waals surface area contributed by atoms with Crippen molar-refractivity contribution in [2.45, 2.75) is 20.4 Å². The highest BCUT2D eigenvalue weighted by molar-refractivity contribution is 5.85. The largest absolute Gasteiger partial charge is 0.372 e. The van der Waals surface area contributed by atoms with Crippen molar-refractivity contribution >= 4 is 24.3 Å². The molecule has 1 aliphatic rings. The summed E-state index contributed by atoms with van der Waals surface area (Å²) >= 11 is 0. The van der Waals surface area contributed by atoms with E-state index >= 15 is 0 Å². The number of rotatable bonds is 5. The minimum Gasteiger partial charge on any atom is -0.372 e. The van der Waals surface area contributed by atoms with Crippen molar-refractivity contribution in [2.24, 2.45) is 0 Å². The van der Waals surface area contributed by atoms with Gasteiger partial charge in [0.25, 0.3) is 0 Å². The molecule has 0 saturated carbocycles. The van der Waals surface area contributed by atoms with Gasteiger partial charge in [-0.05, 0) is 13.8 Å². The Labute approximate surface area is 126 Å². The number of ether oxygens (including phenoxy) is 1. The highest BCUT2D eigenvalue weighted by Crippen LogP contribution is 2.14. The first-order valence-corrected chi connectivity index (χ1v) is 6.87. The predicted molar refractivity (Wildman–Crippen MR) is 80.4 cm³/mol. The summed E-state index contributed by atoms with van der Waals surface area (Å²) in [6.07, 6.45) is 3.81. The van der Waals surface area contributed by atoms with Crippen LogP contribution in [0.3, 0.4) is 0 Å². The van der Waals surface area contributed by atoms with E-state index in [0.29, 0.717) is 6.61 Å². The molecule has 0 bridgehead atoms. The number of anilines is 1. The van der Waals surface area contributed by atoms with E-state index in [1.165, 1.54) is 0 Å². The second-order valence-corrected chi connectivity index (χ2v) is 4.52. The number of hydrogen-bond acceptors (Lipinski definition) is 4. The van der Waals surface area contributed by atoms with Crippen LogP contribution in [0.4, 0.5) is 5.95 Å². The minimum atomic E-state index is 0. The summed E-state index contributed by atoms with van der Waals surface area (Å²) in [6.45, 7) is 8.83. The number of halogens is 1. The number of carbonyl (C=O) groups excluding carboxylic acids is 1. The normalized spacial score (nSPS) is 15.1. The second kappa shape index (κ2) is 8.11. The summed E-state index contributed by atoms with van der Waals surface area (Å²) in [6, 6.07) is 0. The lowest BCUT2D eigenvalue weighted by atomic mass is 10.3. The monoisotopic (exact) mass is 302 g/mol. The highest BCUT2D eigenvalue weighted by atomic mass is 35.5. The lowest BCUT2D eigenvalue weighted by Crippen LogP contribution is -2.50. The van der Waals surface area contributed by atoms with Gasteiger partial charge in [-0.1, -0.05) is 0 Å². The number of amides is 1. The molecule has 0 atom stereocenters. The number of imidazole rings is 1. The molecule has 20 heavy (non-hydrogen) atoms. The minimum absolute atomic E-state index is 0. The van der Waals surface area contributed by atoms with Crippen molar-refractivity contribution in [3.05, 3.63) is 12.4 Å². The summed E-state index contributed by atoms with van der Waals surface area (Å²) in [7, 11) is 0. The van der Waals surface area contributed by atoms with Crippen LogP contribution in [0.15, 0.2) is 12.4 Å². The van der Waals surface area contributed by atoms with Crippen molar-refractivity contribution in [3.8, 4) is 0 Å². The summed E-state index contributed by atoms with van der Waals surface area (Å²) in [5, 5.41) is 0. The number of aryl methyl sites for hydroxylation is 1. The SMILES string of the molecule is CCOCC(=O)N1CCN(c2nccn2CC)CC1.Cl. The Morgan fingerprint density at radius 2 is 2.00 bits per heavy atom. The number of nitrogens with zero attached hydrogens (tertiary/aromatic N) is 4. The summed E-state index contributed by atoms with van der Waals surface area (Å²) < 4.78 is 7.29. The van der Waals surface area contributed by atoms with Crippen molar-refractivity contribution in [2.75, 3.05) is 44.3 Å². The molecule has 0 spiro atoms. The van der Waals surface area contributed by atoms with E-state index in [2.05, 4.69) is 21.4 Å². The molecule has 0 N–H and O–H groups in total. The number of carbonyl (C=O) groups is 1. The van der Waals surface area contributed by atoms with Crippen molar-refractivity contribution < 1.29 is 9.53 Å². The van der Waals surface area contributed by atoms with E-state index < -0.39 is 0 Å². The van der Waals surface area contributed by atoms with Gasteiger partial charge in [0.2, 0.25) is 11.9 Å². The summed E-state index contributed by atoms with van der Waals surface area (Å²) in [5.74, 6) is 1.08. The molecule has 1 amide bonds. The molecule has 0 unspecified atom stereocenters. The van der Waals surface area contributed by atoms with Crippen LogP contribution in [0, 0.1) is 0 Å². The Kier molecular flexibility index (Phi) is 6.81. The summed E-state index contributed by atoms with van der Waals surface area (Å²) in [5.41, 5.74) is 0. The molecular formula is C13H23ClN4O2. The molecule has 1 aromatic heterocycles. The zero-order valence-electron chi connectivity index (χ0n) is 12.1. The van der Waals surface area contributed by atoms with Crippen LogP contribution < -0.4 is 4.90 Å². The van der Waals surface area contributed by atoms with Crippen LogP contribution in [0.1, 0.15) is 13.8 Å². The van der Waals surface area contributed by atoms with E-state index in [9.17, 15) is 4.79 Å². The predicted octanol–water partition coefficient (Wildman–Crippen LogP) is 1.01. The summed E-state index contributed by atoms with van der Waals surface area (Å²) in [4.78, 5) is 20.3. The van der Waals surface area contributed by atoms with Crippen LogP contribution >= 0.6 is 12.4 Å². The first-order chi connectivity index (χ1) is 9.26. The third-order valence-electron chi connectivity index (χ3n) is 3.38. The molecule has 2 rings (SSSR count). The maximum absolute atomic E-state index is 11.8. The molecule has 1 aliphatic heterocycles. The zero-order valence-corrected chi connectivity index (χ0v) is 12.9. The van der Waals surface area contributed by atoms with Crippen LogP contribution in [0.2, 0.25) is 0 Å². The lowest BCUT2D eigenvalue weighted by molar-refractivity contribution is -0.136. The first-order valence-electron chi connectivity index (χ1n) is 6.87. The number of hydrogen-bond donors (Lipinski definition) is 0. The van der Waals surface area contributed by atoms with Crippen LogP contribution in [0.25, 0.3) is 0 Å². The Morgan fingerprint density at radius 1 is 1.30 bits per heavy atom. The van der Waals surface area contributed by atoms with Crippen LogP contribution in [0.5, 0.6) is 0 Å². The van der Waals surface area contributed by atoms with Crippen molar-refractivity contribution in [3.63, 3.8) is 0 Å². The Hall–Kier alpha value is -1.27. The van der Waals surface area contributed by atoms with E-state index in [1.807, 2.05) is 24.2 Å². The fourth-order valence-corrected chi connectivity index (χ4v) is 2.27. The second-order valence-electron chi connectivity index (χ2n) is 4.52. The molecule has 114 valence electrons. The zero-order chi connectivity index (χ0) is 13.7. The molecule has 1 aromatic rings. The van der Waals surface area contributed by atoms with E-state index in [0.717, 1.165) is 38.7 Å². The Morgan fingerprint density at radius 3 is 2.60 bits per heavy atom. The lowest BCUT2D eigenvalue weighted by Gasteiger charge is -2.35. The van der Waals surface area contributed by atoms with E-state index in [-0.39, 0.29) is 24.9 Å². The third kappa shape index (κ3) is 3.86. The molecule has 6 nitrogen and oxygen atoms in total. The Bertz CT molecular complexity index is 416. The van der Waals surface area contributed by atoms with Gasteiger partial charge in [-0.25, -0.2) is 4.98 Å². The average Bonchev–Trinajstić information content (AvgIpc) is 2.93. The highest BCUT2D eigenvalue weighted by Gasteiger charge is 2.23. The quantitative estimate of drug-likeness (QED) is 0.814. The van der Waals surface area contributed by atoms with Gasteiger partial charge >= 0.3 is 0 Å². The standard InChI is InChI=1S/C13H22N4O2.ClH/c1-3-15-6-5-14-13(15)17-9-7-16(8-10-17)12(18)11-19-4-2;/h5-6H,3-4,7-11H2,1-2H3;1H. The Balaban J connectivity index is 0.00000200. The van der Waals surface area contributed by atoms with Gasteiger partial charge in [0, 0.05) is 51.7 Å². The maximum atomic E-state index is 11.8. The van der Waals surface area contributed by atoms with Gasteiger partial charge in [0.15, 0.2) is 0 Å². The molecular weight excluding hydrogens is 280 g/mol. The molecule has 2 heterocycles. The maximum Gasteiger partial charge on any atom is 0.248 e. The molecule has 0 aromatic carbocycles. The smallest absolute Gasteiger partial charge is 0.248 e. The molecule has 0 radical (unpaired) electrons. The fourth-order valence-electron chi connectivity index (χ4n) is 2.27. The average molecular weight is 303 g/mol. The van der Waals surface area contributed by atoms with Crippen LogP contribution in [-0.2, 0) is 16.1 Å². The number of piperazine rings is 1. The fraction of sp³-hybridized carbons (Fsp3) is 0.692. The number of aromatic nitrogens is 2. The first kappa shape index (κ1) is 16.8. The van der Waals surface area contributed by atoms with Crippen molar-refractivity contribution in [1.82, 2.24) is 14.5 Å². The van der Waals surface area contributed by atoms with Gasteiger partial charge in [-0.3, -0.25) is 4.79 Å². The van der Waals surface area contributed by atoms with E-state index in [1.54, 1.807) is 0 Å². The van der Waals surface area contributed by atoms with Crippen molar-refractivity contribution in [1.29, 1.82) is 0 Å². The molecule has 0 aliphatic carbocycles. The third-order valence-corrected chi connectivity index (χ3v) is 3.38. The topological polar surface area (TPSA) is 50.6 Å². The van der Waals surface area contributed by atoms with Gasteiger partial charge < -0.3 is 19.1 Å². The van der Waals surface area contributed by atoms with Crippen LogP contribution in [-0.4, -0.2) is 59.8 Å². The van der Waals surface area contributed by atoms with Gasteiger partial charge in [0.05, 0.1) is 0 Å². The van der Waals surface area contributed by atoms with Gasteiger partial charge in [-0.15, -0.1) is 12.4 Å². The van der Waals surface area contributed by atoms with E-state index in [4.69, 9.17) is 4.74 Å². The molecule has 1 fully saturated rings. The molecule has 1 saturated heterocycles. The van der Waals surface area contributed by atoms with Gasteiger partial charge in [-0.2, -0.15) is 0 Å². The molecule has 7 heteroatoms. The van der Waals surface area contributed by atoms with Gasteiger partial charge in [0.1, 0.15) is 6.61 Å².